The van der Waals surface area contributed by atoms with Crippen molar-refractivity contribution in [3.05, 3.63) is 89.5 Å². The van der Waals surface area contributed by atoms with E-state index in [4.69, 9.17) is 4.74 Å². The number of urea groups is 1. The highest BCUT2D eigenvalue weighted by atomic mass is 16.5. The molecule has 7 heteroatoms. The summed E-state index contributed by atoms with van der Waals surface area (Å²) in [4.78, 5) is 27.5. The van der Waals surface area contributed by atoms with Crippen LogP contribution in [-0.4, -0.2) is 24.2 Å². The van der Waals surface area contributed by atoms with Crippen molar-refractivity contribution in [2.24, 2.45) is 0 Å². The molecule has 1 heterocycles. The standard InChI is InChI=1S/C24H23N3O4/c1-16-10-12-17(13-11-16)15-25-22(28)24(30)20-8-3-4-9-21(20)26-23(29)27(24)18-6-5-7-19(14-18)31-2/h3-14,30H,15H2,1-2H3,(H,25,28)(H,26,29)/t24-/m0/s1. The lowest BCUT2D eigenvalue weighted by Gasteiger charge is -2.42. The Labute approximate surface area is 180 Å². The molecule has 0 aromatic heterocycles. The maximum Gasteiger partial charge on any atom is 0.329 e. The molecule has 158 valence electrons. The molecule has 4 rings (SSSR count). The van der Waals surface area contributed by atoms with Gasteiger partial charge in [-0.3, -0.25) is 9.69 Å². The Morgan fingerprint density at radius 2 is 1.84 bits per heavy atom. The number of nitrogens with one attached hydrogen (secondary N) is 2. The zero-order chi connectivity index (χ0) is 22.0. The van der Waals surface area contributed by atoms with Gasteiger partial charge in [0.2, 0.25) is 0 Å². The van der Waals surface area contributed by atoms with Gasteiger partial charge in [-0.1, -0.05) is 54.1 Å². The minimum Gasteiger partial charge on any atom is -0.497 e. The first-order chi connectivity index (χ1) is 14.9. The average Bonchev–Trinajstić information content (AvgIpc) is 2.78. The van der Waals surface area contributed by atoms with Gasteiger partial charge >= 0.3 is 6.03 Å². The van der Waals surface area contributed by atoms with Crippen molar-refractivity contribution in [3.63, 3.8) is 0 Å². The maximum atomic E-state index is 13.4. The fourth-order valence-corrected chi connectivity index (χ4v) is 3.62. The highest BCUT2D eigenvalue weighted by Gasteiger charge is 2.51. The van der Waals surface area contributed by atoms with Crippen molar-refractivity contribution in [3.8, 4) is 5.75 Å². The number of carbonyl (C=O) groups excluding carboxylic acids is 2. The second-order valence-corrected chi connectivity index (χ2v) is 7.35. The van der Waals surface area contributed by atoms with Gasteiger partial charge in [0.1, 0.15) is 5.75 Å². The quantitative estimate of drug-likeness (QED) is 0.592. The van der Waals surface area contributed by atoms with Crippen LogP contribution in [0.15, 0.2) is 72.8 Å². The van der Waals surface area contributed by atoms with Crippen LogP contribution in [0.5, 0.6) is 5.75 Å². The SMILES string of the molecule is COc1cccc(N2C(=O)Nc3ccccc3[C@]2(O)C(=O)NCc2ccc(C)cc2)c1. The van der Waals surface area contributed by atoms with Crippen LogP contribution in [0.3, 0.4) is 0 Å². The van der Waals surface area contributed by atoms with E-state index in [9.17, 15) is 14.7 Å². The zero-order valence-corrected chi connectivity index (χ0v) is 17.3. The predicted molar refractivity (Wildman–Crippen MR) is 118 cm³/mol. The smallest absolute Gasteiger partial charge is 0.329 e. The molecule has 0 aliphatic carbocycles. The van der Waals surface area contributed by atoms with Gasteiger partial charge in [-0.2, -0.15) is 0 Å². The van der Waals surface area contributed by atoms with Crippen LogP contribution in [0.4, 0.5) is 16.2 Å². The summed E-state index contributed by atoms with van der Waals surface area (Å²) in [6.07, 6.45) is 0. The number of hydrogen-bond donors (Lipinski definition) is 3. The molecular weight excluding hydrogens is 394 g/mol. The monoisotopic (exact) mass is 417 g/mol. The van der Waals surface area contributed by atoms with Crippen LogP contribution in [0, 0.1) is 6.92 Å². The maximum absolute atomic E-state index is 13.4. The normalized spacial score (nSPS) is 17.5. The Kier molecular flexibility index (Phi) is 5.35. The number of rotatable bonds is 5. The average molecular weight is 417 g/mol. The van der Waals surface area contributed by atoms with Crippen molar-refractivity contribution < 1.29 is 19.4 Å². The molecule has 0 bridgehead atoms. The number of hydrogen-bond acceptors (Lipinski definition) is 4. The molecule has 1 aliphatic rings. The van der Waals surface area contributed by atoms with E-state index in [1.165, 1.54) is 7.11 Å². The Balaban J connectivity index is 1.75. The number of aryl methyl sites for hydroxylation is 1. The Morgan fingerprint density at radius 3 is 2.58 bits per heavy atom. The number of ether oxygens (including phenoxy) is 1. The van der Waals surface area contributed by atoms with Crippen molar-refractivity contribution in [2.45, 2.75) is 19.2 Å². The summed E-state index contributed by atoms with van der Waals surface area (Å²) in [5.74, 6) is -0.218. The molecule has 0 radical (unpaired) electrons. The third kappa shape index (κ3) is 3.71. The summed E-state index contributed by atoms with van der Waals surface area (Å²) in [5, 5.41) is 17.3. The Bertz CT molecular complexity index is 1130. The number of carbonyl (C=O) groups is 2. The van der Waals surface area contributed by atoms with E-state index >= 15 is 0 Å². The second kappa shape index (κ2) is 8.12. The number of anilines is 2. The number of benzene rings is 3. The summed E-state index contributed by atoms with van der Waals surface area (Å²) in [7, 11) is 1.51. The molecule has 7 nitrogen and oxygen atoms in total. The highest BCUT2D eigenvalue weighted by Crippen LogP contribution is 2.40. The lowest BCUT2D eigenvalue weighted by Crippen LogP contribution is -2.62. The summed E-state index contributed by atoms with van der Waals surface area (Å²) in [6, 6.07) is 20.4. The third-order valence-electron chi connectivity index (χ3n) is 5.27. The van der Waals surface area contributed by atoms with Crippen LogP contribution in [0.2, 0.25) is 0 Å². The number of fused-ring (bicyclic) bond motifs is 1. The van der Waals surface area contributed by atoms with E-state index in [0.29, 0.717) is 17.1 Å². The summed E-state index contributed by atoms with van der Waals surface area (Å²) in [5.41, 5.74) is 0.702. The number of aliphatic hydroxyl groups is 1. The molecule has 0 unspecified atom stereocenters. The molecule has 0 fully saturated rings. The van der Waals surface area contributed by atoms with Crippen molar-refractivity contribution in [1.82, 2.24) is 5.32 Å². The molecule has 0 saturated heterocycles. The first kappa shape index (κ1) is 20.4. The molecule has 1 atom stereocenters. The van der Waals surface area contributed by atoms with Gasteiger partial charge in [0, 0.05) is 18.2 Å². The van der Waals surface area contributed by atoms with Gasteiger partial charge in [0.05, 0.1) is 18.5 Å². The van der Waals surface area contributed by atoms with Crippen molar-refractivity contribution in [1.29, 1.82) is 0 Å². The van der Waals surface area contributed by atoms with Crippen LogP contribution in [0.1, 0.15) is 16.7 Å². The summed E-state index contributed by atoms with van der Waals surface area (Å²) in [6.45, 7) is 2.19. The first-order valence-corrected chi connectivity index (χ1v) is 9.84. The molecule has 3 aromatic carbocycles. The summed E-state index contributed by atoms with van der Waals surface area (Å²) < 4.78 is 5.25. The van der Waals surface area contributed by atoms with Gasteiger partial charge in [-0.15, -0.1) is 0 Å². The predicted octanol–water partition coefficient (Wildman–Crippen LogP) is 3.52. The van der Waals surface area contributed by atoms with Crippen LogP contribution in [-0.2, 0) is 17.1 Å². The topological polar surface area (TPSA) is 90.9 Å². The van der Waals surface area contributed by atoms with Crippen LogP contribution >= 0.6 is 0 Å². The highest BCUT2D eigenvalue weighted by molar-refractivity contribution is 6.11. The molecule has 3 aromatic rings. The largest absolute Gasteiger partial charge is 0.497 e. The molecular formula is C24H23N3O4. The number of amides is 3. The van der Waals surface area contributed by atoms with E-state index in [-0.39, 0.29) is 12.1 Å². The molecule has 3 N–H and O–H groups in total. The lowest BCUT2D eigenvalue weighted by molar-refractivity contribution is -0.140. The molecule has 1 aliphatic heterocycles. The van der Waals surface area contributed by atoms with E-state index in [0.717, 1.165) is 16.0 Å². The minimum atomic E-state index is -2.25. The van der Waals surface area contributed by atoms with E-state index < -0.39 is 17.7 Å². The number of methoxy groups -OCH3 is 1. The van der Waals surface area contributed by atoms with Crippen molar-refractivity contribution >= 4 is 23.3 Å². The van der Waals surface area contributed by atoms with E-state index in [1.54, 1.807) is 48.5 Å². The second-order valence-electron chi connectivity index (χ2n) is 7.35. The molecule has 0 spiro atoms. The number of nitrogens with zero attached hydrogens (tertiary/aromatic N) is 1. The molecule has 31 heavy (non-hydrogen) atoms. The minimum absolute atomic E-state index is 0.206. The van der Waals surface area contributed by atoms with E-state index in [2.05, 4.69) is 10.6 Å². The van der Waals surface area contributed by atoms with Gasteiger partial charge in [0.15, 0.2) is 0 Å². The zero-order valence-electron chi connectivity index (χ0n) is 17.3. The Hall–Kier alpha value is -3.84. The first-order valence-electron chi connectivity index (χ1n) is 9.84. The van der Waals surface area contributed by atoms with Gasteiger partial charge < -0.3 is 20.5 Å². The van der Waals surface area contributed by atoms with Gasteiger partial charge in [0.25, 0.3) is 11.6 Å². The fraction of sp³-hybridized carbons (Fsp3) is 0.167. The fourth-order valence-electron chi connectivity index (χ4n) is 3.62. The van der Waals surface area contributed by atoms with Crippen molar-refractivity contribution in [2.75, 3.05) is 17.3 Å². The number of para-hydroxylation sites is 1. The van der Waals surface area contributed by atoms with Gasteiger partial charge in [-0.25, -0.2) is 4.79 Å². The van der Waals surface area contributed by atoms with Gasteiger partial charge in [-0.05, 0) is 30.7 Å². The summed E-state index contributed by atoms with van der Waals surface area (Å²) >= 11 is 0. The molecule has 3 amide bonds. The van der Waals surface area contributed by atoms with Crippen LogP contribution < -0.4 is 20.3 Å². The molecule has 0 saturated carbocycles. The third-order valence-corrected chi connectivity index (χ3v) is 5.27. The lowest BCUT2D eigenvalue weighted by atomic mass is 9.94. The van der Waals surface area contributed by atoms with E-state index in [1.807, 2.05) is 31.2 Å². The Morgan fingerprint density at radius 1 is 1.10 bits per heavy atom. The van der Waals surface area contributed by atoms with Crippen LogP contribution in [0.25, 0.3) is 0 Å².